The number of carbonyl (C=O) groups excluding carboxylic acids is 1. The maximum absolute atomic E-state index is 12.3. The van der Waals surface area contributed by atoms with Gasteiger partial charge in [-0.1, -0.05) is 11.8 Å². The summed E-state index contributed by atoms with van der Waals surface area (Å²) in [5.74, 6) is 1.15. The highest BCUT2D eigenvalue weighted by Gasteiger charge is 2.42. The van der Waals surface area contributed by atoms with E-state index >= 15 is 0 Å². The van der Waals surface area contributed by atoms with Gasteiger partial charge in [0, 0.05) is 31.7 Å². The van der Waals surface area contributed by atoms with Crippen LogP contribution in [0.1, 0.15) is 12.8 Å². The number of carbonyl (C=O) groups is 1. The molecular formula is C16H22N6O2S2. The third-order valence-electron chi connectivity index (χ3n) is 5.18. The van der Waals surface area contributed by atoms with Gasteiger partial charge < -0.3 is 19.9 Å². The first-order chi connectivity index (χ1) is 12.6. The second kappa shape index (κ2) is 7.53. The largest absolute Gasteiger partial charge is 0.391 e. The van der Waals surface area contributed by atoms with Gasteiger partial charge in [-0.15, -0.1) is 21.5 Å². The van der Waals surface area contributed by atoms with Gasteiger partial charge in [0.1, 0.15) is 6.33 Å². The number of nitrogens with one attached hydrogen (secondary N) is 1. The van der Waals surface area contributed by atoms with Gasteiger partial charge in [0.2, 0.25) is 5.91 Å². The number of hydrogen-bond donors (Lipinski definition) is 2. The molecule has 3 heterocycles. The van der Waals surface area contributed by atoms with Crippen molar-refractivity contribution in [2.75, 3.05) is 23.7 Å². The highest BCUT2D eigenvalue weighted by molar-refractivity contribution is 7.99. The van der Waals surface area contributed by atoms with Gasteiger partial charge in [0.05, 0.1) is 17.9 Å². The van der Waals surface area contributed by atoms with Crippen molar-refractivity contribution in [2.45, 2.75) is 30.1 Å². The molecule has 2 aliphatic rings. The molecular weight excluding hydrogens is 372 g/mol. The van der Waals surface area contributed by atoms with Crippen molar-refractivity contribution in [2.24, 2.45) is 18.9 Å². The number of fused-ring (bicyclic) bond motifs is 1. The highest BCUT2D eigenvalue weighted by Crippen LogP contribution is 2.38. The molecule has 1 saturated heterocycles. The van der Waals surface area contributed by atoms with Crippen LogP contribution >= 0.6 is 23.1 Å². The normalized spacial score (nSPS) is 28.2. The van der Waals surface area contributed by atoms with Gasteiger partial charge in [-0.2, -0.15) is 0 Å². The molecule has 4 atom stereocenters. The lowest BCUT2D eigenvalue weighted by Gasteiger charge is -2.35. The Bertz CT molecular complexity index is 752. The number of hydrogen-bond acceptors (Lipinski definition) is 8. The number of aliphatic hydroxyl groups excluding tert-OH is 1. The van der Waals surface area contributed by atoms with E-state index in [4.69, 9.17) is 0 Å². The minimum Gasteiger partial charge on any atom is -0.391 e. The molecule has 1 saturated carbocycles. The second-order valence-electron chi connectivity index (χ2n) is 6.97. The Morgan fingerprint density at radius 2 is 2.23 bits per heavy atom. The summed E-state index contributed by atoms with van der Waals surface area (Å²) in [4.78, 5) is 19.0. The number of nitrogens with zero attached hydrogens (tertiary/aromatic N) is 5. The Balaban J connectivity index is 1.31. The van der Waals surface area contributed by atoms with Crippen molar-refractivity contribution in [3.8, 4) is 0 Å². The van der Waals surface area contributed by atoms with Crippen LogP contribution in [0.5, 0.6) is 0 Å². The van der Waals surface area contributed by atoms with Crippen LogP contribution in [-0.4, -0.2) is 61.8 Å². The van der Waals surface area contributed by atoms with Crippen LogP contribution in [0, 0.1) is 11.8 Å². The van der Waals surface area contributed by atoms with Crippen molar-refractivity contribution < 1.29 is 9.90 Å². The van der Waals surface area contributed by atoms with Crippen molar-refractivity contribution in [3.63, 3.8) is 0 Å². The lowest BCUT2D eigenvalue weighted by molar-refractivity contribution is -0.120. The molecule has 2 aromatic heterocycles. The Morgan fingerprint density at radius 3 is 2.92 bits per heavy atom. The number of anilines is 1. The summed E-state index contributed by atoms with van der Waals surface area (Å²) in [5, 5.41) is 25.0. The van der Waals surface area contributed by atoms with E-state index < -0.39 is 6.10 Å². The zero-order valence-electron chi connectivity index (χ0n) is 14.5. The molecule has 2 fully saturated rings. The molecule has 2 N–H and O–H groups in total. The Kier molecular flexibility index (Phi) is 5.14. The number of rotatable bonds is 5. The summed E-state index contributed by atoms with van der Waals surface area (Å²) in [6.45, 7) is 1.89. The molecule has 2 aromatic rings. The summed E-state index contributed by atoms with van der Waals surface area (Å²) in [6, 6.07) is -0.180. The van der Waals surface area contributed by atoms with E-state index in [0.29, 0.717) is 17.0 Å². The van der Waals surface area contributed by atoms with Crippen LogP contribution in [0.4, 0.5) is 5.13 Å². The van der Waals surface area contributed by atoms with E-state index in [2.05, 4.69) is 25.4 Å². The average Bonchev–Trinajstić information content (AvgIpc) is 3.33. The molecule has 1 aliphatic heterocycles. The predicted molar refractivity (Wildman–Crippen MR) is 100 cm³/mol. The van der Waals surface area contributed by atoms with Gasteiger partial charge in [0.15, 0.2) is 10.3 Å². The standard InChI is InChI=1S/C16H22N6O2S2/c1-21-9-18-20-16(21)26-8-14(24)19-12-4-10-6-22(15-17-2-3-25-15)7-11(10)5-13(12)23/h2-3,9-13,23H,4-8H2,1H3,(H,19,24)/t10-,11+,12-,13-/m0/s1. The third-order valence-corrected chi connectivity index (χ3v) is 7.05. The molecule has 0 bridgehead atoms. The maximum atomic E-state index is 12.3. The van der Waals surface area contributed by atoms with Crippen LogP contribution in [0.3, 0.4) is 0 Å². The molecule has 4 rings (SSSR count). The third kappa shape index (κ3) is 3.72. The number of thiazole rings is 1. The van der Waals surface area contributed by atoms with Crippen molar-refractivity contribution >= 4 is 34.1 Å². The predicted octanol–water partition coefficient (Wildman–Crippen LogP) is 0.756. The zero-order chi connectivity index (χ0) is 18.1. The van der Waals surface area contributed by atoms with Crippen molar-refractivity contribution in [3.05, 3.63) is 17.9 Å². The summed E-state index contributed by atoms with van der Waals surface area (Å²) in [6.07, 6.45) is 4.49. The highest BCUT2D eigenvalue weighted by atomic mass is 32.2. The summed E-state index contributed by atoms with van der Waals surface area (Å²) in [7, 11) is 1.85. The van der Waals surface area contributed by atoms with Crippen LogP contribution in [0.2, 0.25) is 0 Å². The summed E-state index contributed by atoms with van der Waals surface area (Å²) in [5.41, 5.74) is 0. The zero-order valence-corrected chi connectivity index (χ0v) is 16.1. The van der Waals surface area contributed by atoms with Crippen LogP contribution < -0.4 is 10.2 Å². The fourth-order valence-corrected chi connectivity index (χ4v) is 5.26. The molecule has 0 aromatic carbocycles. The smallest absolute Gasteiger partial charge is 0.230 e. The first-order valence-corrected chi connectivity index (χ1v) is 10.6. The molecule has 0 unspecified atom stereocenters. The number of aryl methyl sites for hydroxylation is 1. The van der Waals surface area contributed by atoms with Gasteiger partial charge in [-0.25, -0.2) is 4.98 Å². The summed E-state index contributed by atoms with van der Waals surface area (Å²) < 4.78 is 1.78. The second-order valence-corrected chi connectivity index (χ2v) is 8.78. The first kappa shape index (κ1) is 17.7. The molecule has 10 heteroatoms. The van der Waals surface area contributed by atoms with E-state index in [1.54, 1.807) is 22.2 Å². The van der Waals surface area contributed by atoms with Gasteiger partial charge in [0.25, 0.3) is 0 Å². The van der Waals surface area contributed by atoms with Crippen LogP contribution in [-0.2, 0) is 11.8 Å². The van der Waals surface area contributed by atoms with Crippen LogP contribution in [0.15, 0.2) is 23.1 Å². The van der Waals surface area contributed by atoms with Crippen LogP contribution in [0.25, 0.3) is 0 Å². The quantitative estimate of drug-likeness (QED) is 0.723. The maximum Gasteiger partial charge on any atom is 0.230 e. The topological polar surface area (TPSA) is 96.2 Å². The molecule has 1 aliphatic carbocycles. The van der Waals surface area contributed by atoms with Crippen molar-refractivity contribution in [1.29, 1.82) is 0 Å². The Labute approximate surface area is 160 Å². The molecule has 0 spiro atoms. The lowest BCUT2D eigenvalue weighted by Crippen LogP contribution is -2.49. The van der Waals surface area contributed by atoms with Gasteiger partial charge >= 0.3 is 0 Å². The Morgan fingerprint density at radius 1 is 1.42 bits per heavy atom. The van der Waals surface area contributed by atoms with E-state index in [-0.39, 0.29) is 17.7 Å². The number of amides is 1. The SMILES string of the molecule is Cn1cnnc1SCC(=O)N[C@H]1C[C@H]2CN(c3nccs3)C[C@H]2C[C@@H]1O. The van der Waals surface area contributed by atoms with Gasteiger partial charge in [-0.3, -0.25) is 4.79 Å². The molecule has 1 amide bonds. The molecule has 140 valence electrons. The summed E-state index contributed by atoms with van der Waals surface area (Å²) >= 11 is 3.00. The average molecular weight is 395 g/mol. The van der Waals surface area contributed by atoms with Gasteiger partial charge in [-0.05, 0) is 24.7 Å². The monoisotopic (exact) mass is 394 g/mol. The fraction of sp³-hybridized carbons (Fsp3) is 0.625. The fourth-order valence-electron chi connectivity index (χ4n) is 3.90. The number of aromatic nitrogens is 4. The minimum atomic E-state index is -0.490. The number of aliphatic hydroxyl groups is 1. The number of thioether (sulfide) groups is 1. The van der Waals surface area contributed by atoms with E-state index in [1.165, 1.54) is 11.8 Å². The molecule has 26 heavy (non-hydrogen) atoms. The van der Waals surface area contributed by atoms with E-state index in [9.17, 15) is 9.90 Å². The lowest BCUT2D eigenvalue weighted by atomic mass is 9.77. The minimum absolute atomic E-state index is 0.0738. The molecule has 8 nitrogen and oxygen atoms in total. The molecule has 0 radical (unpaired) electrons. The van der Waals surface area contributed by atoms with E-state index in [1.807, 2.05) is 18.6 Å². The first-order valence-electron chi connectivity index (χ1n) is 8.69. The Hall–Kier alpha value is -1.65. The van der Waals surface area contributed by atoms with E-state index in [0.717, 1.165) is 31.1 Å². The van der Waals surface area contributed by atoms with Crippen molar-refractivity contribution in [1.82, 2.24) is 25.1 Å².